The van der Waals surface area contributed by atoms with E-state index in [0.717, 1.165) is 0 Å². The molecule has 1 aromatic carbocycles. The van der Waals surface area contributed by atoms with Gasteiger partial charge in [0.2, 0.25) is 10.0 Å². The number of benzene rings is 1. The van der Waals surface area contributed by atoms with Crippen LogP contribution in [0.15, 0.2) is 29.2 Å². The summed E-state index contributed by atoms with van der Waals surface area (Å²) in [7, 11) is -3.64. The Bertz CT molecular complexity index is 611. The van der Waals surface area contributed by atoms with E-state index in [-0.39, 0.29) is 22.6 Å². The zero-order valence-electron chi connectivity index (χ0n) is 12.0. The second kappa shape index (κ2) is 6.13. The van der Waals surface area contributed by atoms with E-state index in [9.17, 15) is 13.2 Å². The van der Waals surface area contributed by atoms with Crippen LogP contribution in [0.2, 0.25) is 0 Å². The highest BCUT2D eigenvalue weighted by atomic mass is 32.2. The van der Waals surface area contributed by atoms with Crippen LogP contribution in [-0.2, 0) is 14.8 Å². The number of nitrogens with zero attached hydrogens (tertiary/aromatic N) is 1. The lowest BCUT2D eigenvalue weighted by molar-refractivity contribution is -0.0230. The van der Waals surface area contributed by atoms with Crippen LogP contribution >= 0.6 is 0 Å². The number of hydrogen-bond donors (Lipinski definition) is 1. The quantitative estimate of drug-likeness (QED) is 0.912. The van der Waals surface area contributed by atoms with Gasteiger partial charge in [0.05, 0.1) is 23.2 Å². The lowest BCUT2D eigenvalue weighted by atomic mass is 10.2. The topological polar surface area (TPSA) is 83.9 Å². The van der Waals surface area contributed by atoms with E-state index in [0.29, 0.717) is 19.6 Å². The summed E-state index contributed by atoms with van der Waals surface area (Å²) in [6.45, 7) is 4.44. The second-order valence-electron chi connectivity index (χ2n) is 5.11. The van der Waals surface area contributed by atoms with Gasteiger partial charge in [0.1, 0.15) is 0 Å². The Balaban J connectivity index is 2.33. The smallest absolute Gasteiger partial charge is 0.335 e. The monoisotopic (exact) mass is 313 g/mol. The van der Waals surface area contributed by atoms with Crippen LogP contribution in [0, 0.1) is 0 Å². The van der Waals surface area contributed by atoms with Gasteiger partial charge in [-0.25, -0.2) is 13.2 Å². The number of carbonyl (C=O) groups is 1. The molecule has 2 rings (SSSR count). The molecule has 2 atom stereocenters. The summed E-state index contributed by atoms with van der Waals surface area (Å²) in [5, 5.41) is 8.87. The first-order chi connectivity index (χ1) is 9.86. The molecule has 2 unspecified atom stereocenters. The number of rotatable bonds is 4. The molecular formula is C14H19NO5S. The fraction of sp³-hybridized carbons (Fsp3) is 0.500. The van der Waals surface area contributed by atoms with Gasteiger partial charge in [0.15, 0.2) is 0 Å². The van der Waals surface area contributed by atoms with E-state index in [1.165, 1.54) is 28.6 Å². The van der Waals surface area contributed by atoms with Gasteiger partial charge in [-0.2, -0.15) is 4.31 Å². The summed E-state index contributed by atoms with van der Waals surface area (Å²) in [6, 6.07) is 5.10. The van der Waals surface area contributed by atoms with E-state index in [1.54, 1.807) is 0 Å². The SMILES string of the molecule is CCC1COC(C)CN1S(=O)(=O)c1ccc(C(=O)O)cc1. The Morgan fingerprint density at radius 1 is 1.38 bits per heavy atom. The minimum atomic E-state index is -3.64. The third kappa shape index (κ3) is 3.25. The van der Waals surface area contributed by atoms with Crippen molar-refractivity contribution in [1.29, 1.82) is 0 Å². The molecule has 6 nitrogen and oxygen atoms in total. The first-order valence-corrected chi connectivity index (χ1v) is 8.27. The average Bonchev–Trinajstić information content (AvgIpc) is 2.47. The maximum absolute atomic E-state index is 12.7. The molecule has 0 aliphatic carbocycles. The highest BCUT2D eigenvalue weighted by molar-refractivity contribution is 7.89. The van der Waals surface area contributed by atoms with Gasteiger partial charge >= 0.3 is 5.97 Å². The van der Waals surface area contributed by atoms with Gasteiger partial charge in [-0.3, -0.25) is 0 Å². The third-order valence-corrected chi connectivity index (χ3v) is 5.53. The largest absolute Gasteiger partial charge is 0.478 e. The van der Waals surface area contributed by atoms with Crippen LogP contribution in [0.25, 0.3) is 0 Å². The number of hydrogen-bond acceptors (Lipinski definition) is 4. The number of carboxylic acid groups (broad SMARTS) is 1. The molecule has 0 saturated carbocycles. The maximum atomic E-state index is 12.7. The molecule has 1 fully saturated rings. The zero-order valence-corrected chi connectivity index (χ0v) is 12.8. The zero-order chi connectivity index (χ0) is 15.6. The van der Waals surface area contributed by atoms with Crippen molar-refractivity contribution in [2.75, 3.05) is 13.2 Å². The molecule has 1 heterocycles. The van der Waals surface area contributed by atoms with Crippen molar-refractivity contribution in [3.05, 3.63) is 29.8 Å². The van der Waals surface area contributed by atoms with Crippen LogP contribution in [0.5, 0.6) is 0 Å². The maximum Gasteiger partial charge on any atom is 0.335 e. The number of sulfonamides is 1. The van der Waals surface area contributed by atoms with Crippen molar-refractivity contribution in [3.63, 3.8) is 0 Å². The van der Waals surface area contributed by atoms with Gasteiger partial charge in [-0.1, -0.05) is 6.92 Å². The minimum absolute atomic E-state index is 0.0661. The van der Waals surface area contributed by atoms with E-state index in [4.69, 9.17) is 9.84 Å². The predicted molar refractivity (Wildman–Crippen MR) is 76.8 cm³/mol. The summed E-state index contributed by atoms with van der Waals surface area (Å²) in [4.78, 5) is 10.9. The first-order valence-electron chi connectivity index (χ1n) is 6.83. The number of ether oxygens (including phenoxy) is 1. The van der Waals surface area contributed by atoms with Crippen LogP contribution in [-0.4, -0.2) is 49.1 Å². The van der Waals surface area contributed by atoms with E-state index in [2.05, 4.69) is 0 Å². The number of aromatic carboxylic acids is 1. The van der Waals surface area contributed by atoms with Crippen molar-refractivity contribution >= 4 is 16.0 Å². The summed E-state index contributed by atoms with van der Waals surface area (Å²) < 4.78 is 32.4. The highest BCUT2D eigenvalue weighted by Crippen LogP contribution is 2.24. The van der Waals surface area contributed by atoms with E-state index < -0.39 is 16.0 Å². The van der Waals surface area contributed by atoms with Crippen molar-refractivity contribution < 1.29 is 23.1 Å². The van der Waals surface area contributed by atoms with Crippen molar-refractivity contribution in [2.45, 2.75) is 37.3 Å². The van der Waals surface area contributed by atoms with Crippen LogP contribution in [0.1, 0.15) is 30.6 Å². The van der Waals surface area contributed by atoms with Crippen LogP contribution in [0.4, 0.5) is 0 Å². The van der Waals surface area contributed by atoms with Gasteiger partial charge in [0, 0.05) is 12.6 Å². The Morgan fingerprint density at radius 2 is 2.00 bits per heavy atom. The molecule has 0 bridgehead atoms. The number of carboxylic acids is 1. The summed E-state index contributed by atoms with van der Waals surface area (Å²) in [6.07, 6.45) is 0.514. The second-order valence-corrected chi connectivity index (χ2v) is 7.00. The van der Waals surface area contributed by atoms with Crippen molar-refractivity contribution in [2.24, 2.45) is 0 Å². The molecule has 1 N–H and O–H groups in total. The third-order valence-electron chi connectivity index (χ3n) is 3.60. The van der Waals surface area contributed by atoms with Crippen LogP contribution in [0.3, 0.4) is 0 Å². The Morgan fingerprint density at radius 3 is 2.52 bits per heavy atom. The molecule has 1 aliphatic heterocycles. The molecular weight excluding hydrogens is 294 g/mol. The minimum Gasteiger partial charge on any atom is -0.478 e. The normalized spacial score (nSPS) is 23.9. The molecule has 116 valence electrons. The summed E-state index contributed by atoms with van der Waals surface area (Å²) >= 11 is 0. The van der Waals surface area contributed by atoms with E-state index >= 15 is 0 Å². The molecule has 0 amide bonds. The Labute approximate surface area is 124 Å². The highest BCUT2D eigenvalue weighted by Gasteiger charge is 2.35. The summed E-state index contributed by atoms with van der Waals surface area (Å²) in [5.74, 6) is -1.08. The average molecular weight is 313 g/mol. The standard InChI is InChI=1S/C14H19NO5S/c1-3-12-9-20-10(2)8-15(12)21(18,19)13-6-4-11(5-7-13)14(16)17/h4-7,10,12H,3,8-9H2,1-2H3,(H,16,17). The molecule has 7 heteroatoms. The molecule has 0 spiro atoms. The fourth-order valence-corrected chi connectivity index (χ4v) is 4.09. The van der Waals surface area contributed by atoms with Gasteiger partial charge in [-0.05, 0) is 37.6 Å². The van der Waals surface area contributed by atoms with Crippen LogP contribution < -0.4 is 0 Å². The lowest BCUT2D eigenvalue weighted by Crippen LogP contribution is -2.51. The van der Waals surface area contributed by atoms with Gasteiger partial charge < -0.3 is 9.84 Å². The molecule has 1 aliphatic rings. The molecule has 21 heavy (non-hydrogen) atoms. The first kappa shape index (κ1) is 15.9. The van der Waals surface area contributed by atoms with Crippen molar-refractivity contribution in [1.82, 2.24) is 4.31 Å². The lowest BCUT2D eigenvalue weighted by Gasteiger charge is -2.37. The summed E-state index contributed by atoms with van der Waals surface area (Å²) in [5.41, 5.74) is 0.0661. The van der Waals surface area contributed by atoms with E-state index in [1.807, 2.05) is 13.8 Å². The van der Waals surface area contributed by atoms with Gasteiger partial charge in [-0.15, -0.1) is 0 Å². The number of morpholine rings is 1. The van der Waals surface area contributed by atoms with Crippen molar-refractivity contribution in [3.8, 4) is 0 Å². The molecule has 1 saturated heterocycles. The fourth-order valence-electron chi connectivity index (χ4n) is 2.33. The molecule has 1 aromatic rings. The molecule has 0 aromatic heterocycles. The molecule has 0 radical (unpaired) electrons. The predicted octanol–water partition coefficient (Wildman–Crippen LogP) is 1.57. The Kier molecular flexibility index (Phi) is 4.65. The Hall–Kier alpha value is -1.44. The van der Waals surface area contributed by atoms with Gasteiger partial charge in [0.25, 0.3) is 0 Å².